The molecule has 0 spiro atoms. The number of carboxylic acid groups (broad SMARTS) is 1. The van der Waals surface area contributed by atoms with Gasteiger partial charge in [0.05, 0.1) is 0 Å². The summed E-state index contributed by atoms with van der Waals surface area (Å²) in [5.41, 5.74) is 0. The third-order valence-corrected chi connectivity index (χ3v) is 6.90. The molecular formula is C27H53NO3S. The molecule has 0 aromatic heterocycles. The van der Waals surface area contributed by atoms with E-state index in [4.69, 9.17) is 5.11 Å². The van der Waals surface area contributed by atoms with E-state index in [9.17, 15) is 9.59 Å². The summed E-state index contributed by atoms with van der Waals surface area (Å²) in [5.74, 6) is -0.303. The Labute approximate surface area is 203 Å². The zero-order valence-electron chi connectivity index (χ0n) is 21.3. The minimum atomic E-state index is -0.930. The highest BCUT2D eigenvalue weighted by Gasteiger charge is 2.18. The van der Waals surface area contributed by atoms with Crippen LogP contribution >= 0.6 is 11.8 Å². The number of rotatable bonds is 25. The third kappa shape index (κ3) is 22.5. The van der Waals surface area contributed by atoms with E-state index in [1.807, 2.05) is 6.26 Å². The standard InChI is InChI=1S/C27H53NO3S/c1-3-4-5-6-7-8-9-10-11-12-13-14-15-16-17-18-19-20-21-22-26(29)28-25(27(30)31)23-24-32-2/h25H,3-24H2,1-2H3,(H,28,29)(H,30,31)/t25-/m0/s1. The molecule has 0 aromatic carbocycles. The van der Waals surface area contributed by atoms with Gasteiger partial charge in [0.1, 0.15) is 6.04 Å². The van der Waals surface area contributed by atoms with Crippen LogP contribution in [0.15, 0.2) is 0 Å². The van der Waals surface area contributed by atoms with E-state index in [0.717, 1.165) is 18.6 Å². The van der Waals surface area contributed by atoms with E-state index >= 15 is 0 Å². The van der Waals surface area contributed by atoms with Gasteiger partial charge < -0.3 is 10.4 Å². The zero-order chi connectivity index (χ0) is 23.7. The smallest absolute Gasteiger partial charge is 0.326 e. The van der Waals surface area contributed by atoms with Gasteiger partial charge in [0.15, 0.2) is 0 Å². The van der Waals surface area contributed by atoms with Gasteiger partial charge in [-0.25, -0.2) is 4.79 Å². The fourth-order valence-electron chi connectivity index (χ4n) is 4.12. The van der Waals surface area contributed by atoms with Crippen LogP contribution in [0.5, 0.6) is 0 Å². The van der Waals surface area contributed by atoms with Crippen molar-refractivity contribution in [2.45, 2.75) is 148 Å². The maximum Gasteiger partial charge on any atom is 0.326 e. The molecule has 2 N–H and O–H groups in total. The second kappa shape index (κ2) is 24.9. The van der Waals surface area contributed by atoms with Gasteiger partial charge in [0.2, 0.25) is 5.91 Å². The Kier molecular flexibility index (Phi) is 24.4. The summed E-state index contributed by atoms with van der Waals surface area (Å²) in [4.78, 5) is 23.1. The highest BCUT2D eigenvalue weighted by molar-refractivity contribution is 7.98. The van der Waals surface area contributed by atoms with Gasteiger partial charge in [-0.15, -0.1) is 0 Å². The fourth-order valence-corrected chi connectivity index (χ4v) is 4.59. The first-order valence-electron chi connectivity index (χ1n) is 13.6. The Hall–Kier alpha value is -0.710. The molecular weight excluding hydrogens is 418 g/mol. The summed E-state index contributed by atoms with van der Waals surface area (Å²) >= 11 is 1.60. The van der Waals surface area contributed by atoms with Crippen molar-refractivity contribution in [3.8, 4) is 0 Å². The number of unbranched alkanes of at least 4 members (excludes halogenated alkanes) is 18. The minimum Gasteiger partial charge on any atom is -0.480 e. The minimum absolute atomic E-state index is 0.120. The van der Waals surface area contributed by atoms with Crippen molar-refractivity contribution in [1.29, 1.82) is 0 Å². The molecule has 1 atom stereocenters. The Balaban J connectivity index is 3.30. The summed E-state index contributed by atoms with van der Waals surface area (Å²) < 4.78 is 0. The summed E-state index contributed by atoms with van der Waals surface area (Å²) in [7, 11) is 0. The lowest BCUT2D eigenvalue weighted by molar-refractivity contribution is -0.141. The molecule has 1 amide bonds. The SMILES string of the molecule is CCCCCCCCCCCCCCCCCCCCCC(=O)N[C@@H](CCSC)C(=O)O. The molecule has 0 fully saturated rings. The van der Waals surface area contributed by atoms with Crippen molar-refractivity contribution < 1.29 is 14.7 Å². The third-order valence-electron chi connectivity index (χ3n) is 6.25. The van der Waals surface area contributed by atoms with Gasteiger partial charge in [-0.05, 0) is 24.9 Å². The van der Waals surface area contributed by atoms with Gasteiger partial charge in [-0.1, -0.05) is 122 Å². The fraction of sp³-hybridized carbons (Fsp3) is 0.926. The van der Waals surface area contributed by atoms with Crippen molar-refractivity contribution in [2.24, 2.45) is 0 Å². The molecule has 0 saturated heterocycles. The Morgan fingerprint density at radius 2 is 1.06 bits per heavy atom. The number of carboxylic acids is 1. The normalized spacial score (nSPS) is 12.1. The second-order valence-corrected chi connectivity index (χ2v) is 10.3. The van der Waals surface area contributed by atoms with Gasteiger partial charge >= 0.3 is 5.97 Å². The average molecular weight is 472 g/mol. The molecule has 32 heavy (non-hydrogen) atoms. The summed E-state index contributed by atoms with van der Waals surface area (Å²) in [6, 6.07) is -0.740. The van der Waals surface area contributed by atoms with Gasteiger partial charge in [-0.2, -0.15) is 11.8 Å². The van der Waals surface area contributed by atoms with Crippen molar-refractivity contribution in [3.05, 3.63) is 0 Å². The van der Waals surface area contributed by atoms with Crippen LogP contribution in [0.4, 0.5) is 0 Å². The van der Waals surface area contributed by atoms with Crippen LogP contribution in [0.25, 0.3) is 0 Å². The molecule has 0 rings (SSSR count). The largest absolute Gasteiger partial charge is 0.480 e. The van der Waals surface area contributed by atoms with Crippen LogP contribution in [-0.4, -0.2) is 35.0 Å². The number of amides is 1. The number of aliphatic carboxylic acids is 1. The molecule has 4 nitrogen and oxygen atoms in total. The molecule has 0 radical (unpaired) electrons. The number of hydrogen-bond donors (Lipinski definition) is 2. The highest BCUT2D eigenvalue weighted by Crippen LogP contribution is 2.15. The zero-order valence-corrected chi connectivity index (χ0v) is 22.1. The van der Waals surface area contributed by atoms with Gasteiger partial charge in [0.25, 0.3) is 0 Å². The van der Waals surface area contributed by atoms with E-state index in [2.05, 4.69) is 12.2 Å². The quantitative estimate of drug-likeness (QED) is 0.132. The number of carbonyl (C=O) groups is 2. The number of thioether (sulfide) groups is 1. The van der Waals surface area contributed by atoms with Crippen molar-refractivity contribution in [2.75, 3.05) is 12.0 Å². The maximum absolute atomic E-state index is 11.9. The number of nitrogens with one attached hydrogen (secondary N) is 1. The predicted molar refractivity (Wildman–Crippen MR) is 141 cm³/mol. The van der Waals surface area contributed by atoms with Crippen molar-refractivity contribution in [1.82, 2.24) is 5.32 Å². The Bertz CT molecular complexity index is 431. The lowest BCUT2D eigenvalue weighted by atomic mass is 10.0. The Morgan fingerprint density at radius 1 is 0.688 bits per heavy atom. The molecule has 0 aliphatic heterocycles. The molecule has 5 heteroatoms. The molecule has 0 aromatic rings. The number of carbonyl (C=O) groups excluding carboxylic acids is 1. The maximum atomic E-state index is 11.9. The molecule has 0 aliphatic rings. The Morgan fingerprint density at radius 3 is 1.41 bits per heavy atom. The molecule has 0 heterocycles. The van der Waals surface area contributed by atoms with E-state index in [-0.39, 0.29) is 5.91 Å². The lowest BCUT2D eigenvalue weighted by Gasteiger charge is -2.13. The van der Waals surface area contributed by atoms with Crippen LogP contribution in [0.1, 0.15) is 142 Å². The van der Waals surface area contributed by atoms with Gasteiger partial charge in [0, 0.05) is 6.42 Å². The molecule has 0 unspecified atom stereocenters. The molecule has 0 bridgehead atoms. The average Bonchev–Trinajstić information content (AvgIpc) is 2.78. The lowest BCUT2D eigenvalue weighted by Crippen LogP contribution is -2.41. The second-order valence-electron chi connectivity index (χ2n) is 9.35. The molecule has 0 aliphatic carbocycles. The van der Waals surface area contributed by atoms with Crippen molar-refractivity contribution in [3.63, 3.8) is 0 Å². The van der Waals surface area contributed by atoms with E-state index in [1.54, 1.807) is 11.8 Å². The van der Waals surface area contributed by atoms with Gasteiger partial charge in [-0.3, -0.25) is 4.79 Å². The van der Waals surface area contributed by atoms with Crippen LogP contribution in [0.3, 0.4) is 0 Å². The van der Waals surface area contributed by atoms with Crippen LogP contribution in [-0.2, 0) is 9.59 Å². The monoisotopic (exact) mass is 471 g/mol. The van der Waals surface area contributed by atoms with Crippen molar-refractivity contribution >= 4 is 23.6 Å². The van der Waals surface area contributed by atoms with E-state index in [1.165, 1.54) is 109 Å². The first-order chi connectivity index (χ1) is 15.6. The molecule has 0 saturated carbocycles. The van der Waals surface area contributed by atoms with E-state index < -0.39 is 12.0 Å². The van der Waals surface area contributed by atoms with Crippen LogP contribution in [0.2, 0.25) is 0 Å². The number of hydrogen-bond acceptors (Lipinski definition) is 3. The summed E-state index contributed by atoms with van der Waals surface area (Å²) in [5, 5.41) is 11.8. The highest BCUT2D eigenvalue weighted by atomic mass is 32.2. The van der Waals surface area contributed by atoms with E-state index in [0.29, 0.717) is 12.8 Å². The van der Waals surface area contributed by atoms with Crippen LogP contribution < -0.4 is 5.32 Å². The first kappa shape index (κ1) is 31.3. The van der Waals surface area contributed by atoms with Crippen LogP contribution in [0, 0.1) is 0 Å². The summed E-state index contributed by atoms with van der Waals surface area (Å²) in [6.07, 6.45) is 28.3. The predicted octanol–water partition coefficient (Wildman–Crippen LogP) is 8.13. The summed E-state index contributed by atoms with van der Waals surface area (Å²) in [6.45, 7) is 2.28. The molecule has 190 valence electrons. The first-order valence-corrected chi connectivity index (χ1v) is 15.0. The topological polar surface area (TPSA) is 66.4 Å².